The van der Waals surface area contributed by atoms with E-state index in [4.69, 9.17) is 9.47 Å². The van der Waals surface area contributed by atoms with Crippen molar-refractivity contribution in [3.05, 3.63) is 105 Å². The number of amides is 2. The normalized spacial score (nSPS) is 10.8. The summed E-state index contributed by atoms with van der Waals surface area (Å²) < 4.78 is 11.6. The zero-order valence-corrected chi connectivity index (χ0v) is 21.9. The SMILES string of the molecule is COc1ccc(C(=O)Oc2ccc3ccccc3c2C=NNC(=O)CNC(=O)c2ccccc2I)cc1. The van der Waals surface area contributed by atoms with Gasteiger partial charge in [0.05, 0.1) is 31.0 Å². The molecule has 0 radical (unpaired) electrons. The van der Waals surface area contributed by atoms with E-state index < -0.39 is 11.9 Å². The highest BCUT2D eigenvalue weighted by atomic mass is 127. The number of methoxy groups -OCH3 is 1. The summed E-state index contributed by atoms with van der Waals surface area (Å²) in [5.74, 6) is -0.502. The van der Waals surface area contributed by atoms with E-state index in [2.05, 4.69) is 38.4 Å². The van der Waals surface area contributed by atoms with Gasteiger partial charge in [-0.25, -0.2) is 10.2 Å². The fourth-order valence-electron chi connectivity index (χ4n) is 3.49. The van der Waals surface area contributed by atoms with Crippen LogP contribution in [0.3, 0.4) is 0 Å². The molecule has 0 fully saturated rings. The van der Waals surface area contributed by atoms with E-state index in [0.29, 0.717) is 22.4 Å². The fourth-order valence-corrected chi connectivity index (χ4v) is 4.13. The van der Waals surface area contributed by atoms with Crippen molar-refractivity contribution in [3.8, 4) is 11.5 Å². The topological polar surface area (TPSA) is 106 Å². The predicted octanol–water partition coefficient (Wildman–Crippen LogP) is 4.55. The van der Waals surface area contributed by atoms with Crippen LogP contribution in [0.25, 0.3) is 10.8 Å². The molecule has 37 heavy (non-hydrogen) atoms. The van der Waals surface area contributed by atoms with E-state index in [1.807, 2.05) is 42.5 Å². The molecular weight excluding hydrogens is 585 g/mol. The number of benzene rings is 4. The monoisotopic (exact) mass is 607 g/mol. The second-order valence-electron chi connectivity index (χ2n) is 7.77. The molecule has 0 spiro atoms. The maximum atomic E-state index is 12.8. The lowest BCUT2D eigenvalue weighted by atomic mass is 10.0. The summed E-state index contributed by atoms with van der Waals surface area (Å²) in [6.45, 7) is -0.254. The Hall–Kier alpha value is -4.25. The molecule has 186 valence electrons. The summed E-state index contributed by atoms with van der Waals surface area (Å²) in [6, 6.07) is 24.7. The Kier molecular flexibility index (Phi) is 8.47. The zero-order valence-electron chi connectivity index (χ0n) is 19.7. The average Bonchev–Trinajstić information content (AvgIpc) is 2.93. The minimum Gasteiger partial charge on any atom is -0.497 e. The van der Waals surface area contributed by atoms with Crippen LogP contribution in [-0.4, -0.2) is 37.7 Å². The van der Waals surface area contributed by atoms with Crippen LogP contribution in [0.5, 0.6) is 11.5 Å². The Bertz CT molecular complexity index is 1490. The maximum Gasteiger partial charge on any atom is 0.343 e. The number of halogens is 1. The van der Waals surface area contributed by atoms with Crippen LogP contribution in [0.1, 0.15) is 26.3 Å². The number of ether oxygens (including phenoxy) is 2. The third kappa shape index (κ3) is 6.50. The Morgan fingerprint density at radius 1 is 0.919 bits per heavy atom. The number of rotatable bonds is 8. The van der Waals surface area contributed by atoms with Crippen molar-refractivity contribution in [2.45, 2.75) is 0 Å². The Morgan fingerprint density at radius 3 is 2.41 bits per heavy atom. The van der Waals surface area contributed by atoms with E-state index in [-0.39, 0.29) is 18.2 Å². The van der Waals surface area contributed by atoms with Gasteiger partial charge in [0.2, 0.25) is 0 Å². The lowest BCUT2D eigenvalue weighted by Crippen LogP contribution is -2.35. The van der Waals surface area contributed by atoms with Crippen molar-refractivity contribution in [2.24, 2.45) is 5.10 Å². The first kappa shape index (κ1) is 25.8. The molecule has 0 bridgehead atoms. The highest BCUT2D eigenvalue weighted by Crippen LogP contribution is 2.27. The van der Waals surface area contributed by atoms with Gasteiger partial charge in [-0.2, -0.15) is 5.10 Å². The van der Waals surface area contributed by atoms with Crippen LogP contribution in [0.4, 0.5) is 0 Å². The van der Waals surface area contributed by atoms with Crippen molar-refractivity contribution in [1.29, 1.82) is 0 Å². The van der Waals surface area contributed by atoms with Crippen molar-refractivity contribution in [2.75, 3.05) is 13.7 Å². The minimum absolute atomic E-state index is 0.254. The fraction of sp³-hybridized carbons (Fsp3) is 0.0714. The van der Waals surface area contributed by atoms with Gasteiger partial charge < -0.3 is 14.8 Å². The van der Waals surface area contributed by atoms with Crippen LogP contribution < -0.4 is 20.2 Å². The number of hydrazone groups is 1. The quantitative estimate of drug-likeness (QED) is 0.101. The second kappa shape index (κ2) is 12.1. The number of carbonyl (C=O) groups is 3. The first-order valence-electron chi connectivity index (χ1n) is 11.2. The van der Waals surface area contributed by atoms with Gasteiger partial charge >= 0.3 is 5.97 Å². The first-order valence-corrected chi connectivity index (χ1v) is 12.3. The lowest BCUT2D eigenvalue weighted by molar-refractivity contribution is -0.120. The molecule has 0 atom stereocenters. The third-order valence-electron chi connectivity index (χ3n) is 5.37. The van der Waals surface area contributed by atoms with Crippen LogP contribution in [-0.2, 0) is 4.79 Å². The smallest absolute Gasteiger partial charge is 0.343 e. The summed E-state index contributed by atoms with van der Waals surface area (Å²) in [5.41, 5.74) is 3.76. The molecule has 0 aromatic heterocycles. The molecule has 0 saturated heterocycles. The Balaban J connectivity index is 1.47. The lowest BCUT2D eigenvalue weighted by Gasteiger charge is -2.11. The van der Waals surface area contributed by atoms with E-state index in [0.717, 1.165) is 14.3 Å². The molecule has 0 aliphatic carbocycles. The van der Waals surface area contributed by atoms with Gasteiger partial charge in [-0.05, 0) is 75.8 Å². The van der Waals surface area contributed by atoms with Gasteiger partial charge in [-0.15, -0.1) is 0 Å². The number of hydrogen-bond donors (Lipinski definition) is 2. The summed E-state index contributed by atoms with van der Waals surface area (Å²) in [7, 11) is 1.55. The maximum absolute atomic E-state index is 12.8. The molecule has 0 aliphatic heterocycles. The van der Waals surface area contributed by atoms with Crippen LogP contribution in [0.15, 0.2) is 90.0 Å². The van der Waals surface area contributed by atoms with E-state index >= 15 is 0 Å². The zero-order chi connectivity index (χ0) is 26.2. The highest BCUT2D eigenvalue weighted by molar-refractivity contribution is 14.1. The molecule has 0 heterocycles. The van der Waals surface area contributed by atoms with E-state index in [9.17, 15) is 14.4 Å². The third-order valence-corrected chi connectivity index (χ3v) is 6.31. The van der Waals surface area contributed by atoms with Gasteiger partial charge in [0.1, 0.15) is 11.5 Å². The molecular formula is C28H22IN3O5. The molecule has 2 N–H and O–H groups in total. The summed E-state index contributed by atoms with van der Waals surface area (Å²) in [5, 5.41) is 8.30. The van der Waals surface area contributed by atoms with Crippen molar-refractivity contribution >= 4 is 57.4 Å². The summed E-state index contributed by atoms with van der Waals surface area (Å²) >= 11 is 2.06. The molecule has 9 heteroatoms. The van der Waals surface area contributed by atoms with Gasteiger partial charge in [-0.3, -0.25) is 9.59 Å². The number of nitrogens with one attached hydrogen (secondary N) is 2. The standard InChI is InChI=1S/C28H22IN3O5/c1-36-20-13-10-19(11-14-20)28(35)37-25-15-12-18-6-2-3-7-21(18)23(25)16-31-32-26(33)17-30-27(34)22-8-4-5-9-24(22)29/h2-16H,17H2,1H3,(H,30,34)(H,32,33). The van der Waals surface area contributed by atoms with Crippen molar-refractivity contribution < 1.29 is 23.9 Å². The van der Waals surface area contributed by atoms with Crippen LogP contribution in [0, 0.1) is 3.57 Å². The number of esters is 1. The first-order chi connectivity index (χ1) is 18.0. The Labute approximate surface area is 226 Å². The van der Waals surface area contributed by atoms with Crippen LogP contribution in [0.2, 0.25) is 0 Å². The van der Waals surface area contributed by atoms with Crippen LogP contribution >= 0.6 is 22.6 Å². The van der Waals surface area contributed by atoms with Gasteiger partial charge in [0, 0.05) is 9.13 Å². The average molecular weight is 607 g/mol. The van der Waals surface area contributed by atoms with Gasteiger partial charge in [-0.1, -0.05) is 42.5 Å². The number of nitrogens with zero attached hydrogens (tertiary/aromatic N) is 1. The molecule has 8 nitrogen and oxygen atoms in total. The number of fused-ring (bicyclic) bond motifs is 1. The largest absolute Gasteiger partial charge is 0.497 e. The molecule has 2 amide bonds. The minimum atomic E-state index is -0.546. The second-order valence-corrected chi connectivity index (χ2v) is 8.93. The molecule has 4 aromatic rings. The van der Waals surface area contributed by atoms with Gasteiger partial charge in [0.15, 0.2) is 0 Å². The van der Waals surface area contributed by atoms with E-state index in [1.165, 1.54) is 6.21 Å². The molecule has 0 unspecified atom stereocenters. The highest BCUT2D eigenvalue weighted by Gasteiger charge is 2.14. The predicted molar refractivity (Wildman–Crippen MR) is 149 cm³/mol. The molecule has 0 saturated carbocycles. The van der Waals surface area contributed by atoms with Crippen molar-refractivity contribution in [1.82, 2.24) is 10.7 Å². The molecule has 0 aliphatic rings. The molecule has 4 rings (SSSR count). The number of hydrogen-bond acceptors (Lipinski definition) is 6. The summed E-state index contributed by atoms with van der Waals surface area (Å²) in [6.07, 6.45) is 1.42. The van der Waals surface area contributed by atoms with Crippen molar-refractivity contribution in [3.63, 3.8) is 0 Å². The Morgan fingerprint density at radius 2 is 1.65 bits per heavy atom. The number of carbonyl (C=O) groups excluding carboxylic acids is 3. The molecule has 4 aromatic carbocycles. The summed E-state index contributed by atoms with van der Waals surface area (Å²) in [4.78, 5) is 37.4. The van der Waals surface area contributed by atoms with E-state index in [1.54, 1.807) is 49.6 Å². The van der Waals surface area contributed by atoms with Gasteiger partial charge in [0.25, 0.3) is 11.8 Å².